The van der Waals surface area contributed by atoms with Crippen LogP contribution >= 0.6 is 15.6 Å². The lowest BCUT2D eigenvalue weighted by molar-refractivity contribution is -0.161. The number of carbonyl (C=O) groups is 4. The number of rotatable bonds is 77. The summed E-state index contributed by atoms with van der Waals surface area (Å²) in [6, 6.07) is 0. The molecule has 0 heterocycles. The molecule has 0 radical (unpaired) electrons. The Morgan fingerprint density at radius 2 is 0.479 bits per heavy atom. The Balaban J connectivity index is 5.28. The van der Waals surface area contributed by atoms with Gasteiger partial charge >= 0.3 is 39.5 Å². The number of hydrogen-bond acceptors (Lipinski definition) is 15. The van der Waals surface area contributed by atoms with Crippen LogP contribution in [0.2, 0.25) is 0 Å². The molecule has 3 N–H and O–H groups in total. The topological polar surface area (TPSA) is 237 Å². The maximum Gasteiger partial charge on any atom is 0.472 e. The van der Waals surface area contributed by atoms with Crippen molar-refractivity contribution in [2.45, 2.75) is 418 Å². The monoisotopic (exact) mass is 1410 g/mol. The normalized spacial score (nSPS) is 13.9. The van der Waals surface area contributed by atoms with Gasteiger partial charge in [-0.1, -0.05) is 335 Å². The SMILES string of the molecule is CCCCCCCC/C=C\CCCCCCCC(=O)OCC(COP(=O)(O)OCC(O)COP(=O)(O)OCC(COC(=O)CCCCCCCCCCCCCCC)OC(=O)CCCCCCCCCCCCCCC)OC(=O)CCCCCCCCCCCCCCCCC. The molecule has 19 heteroatoms. The van der Waals surface area contributed by atoms with Crippen LogP contribution in [0.3, 0.4) is 0 Å². The van der Waals surface area contributed by atoms with E-state index in [1.165, 1.54) is 212 Å². The molecule has 96 heavy (non-hydrogen) atoms. The summed E-state index contributed by atoms with van der Waals surface area (Å²) in [6.45, 7) is 4.98. The van der Waals surface area contributed by atoms with E-state index in [0.29, 0.717) is 25.7 Å². The molecule has 0 amide bonds. The highest BCUT2D eigenvalue weighted by atomic mass is 31.2. The van der Waals surface area contributed by atoms with Gasteiger partial charge in [0.05, 0.1) is 26.4 Å². The highest BCUT2D eigenvalue weighted by molar-refractivity contribution is 7.47. The van der Waals surface area contributed by atoms with Crippen molar-refractivity contribution < 1.29 is 80.2 Å². The fourth-order valence-corrected chi connectivity index (χ4v) is 13.2. The van der Waals surface area contributed by atoms with Crippen molar-refractivity contribution in [3.63, 3.8) is 0 Å². The molecule has 0 fully saturated rings. The van der Waals surface area contributed by atoms with Crippen molar-refractivity contribution in [3.8, 4) is 0 Å². The van der Waals surface area contributed by atoms with Crippen LogP contribution in [-0.4, -0.2) is 96.7 Å². The molecule has 0 saturated heterocycles. The van der Waals surface area contributed by atoms with E-state index < -0.39 is 97.5 Å². The van der Waals surface area contributed by atoms with Gasteiger partial charge in [-0.2, -0.15) is 0 Å². The Morgan fingerprint density at radius 3 is 0.719 bits per heavy atom. The fourth-order valence-electron chi connectivity index (χ4n) is 11.6. The first kappa shape index (κ1) is 93.8. The third-order valence-electron chi connectivity index (χ3n) is 17.8. The largest absolute Gasteiger partial charge is 0.472 e. The number of ether oxygens (including phenoxy) is 4. The van der Waals surface area contributed by atoms with Crippen molar-refractivity contribution in [1.29, 1.82) is 0 Å². The minimum atomic E-state index is -4.96. The molecule has 0 aromatic carbocycles. The summed E-state index contributed by atoms with van der Waals surface area (Å²) in [4.78, 5) is 72.9. The Bertz CT molecular complexity index is 1870. The maximum absolute atomic E-state index is 13.1. The standard InChI is InChI=1S/C77H148O17P2/c1-5-9-13-17-21-25-29-33-35-39-42-46-50-54-58-62-75(80)88-68-73(94-77(82)64-60-56-52-48-44-40-36-34-30-26-22-18-14-10-6-2)70-92-96(85,86)90-66-71(78)65-89-95(83,84)91-69-72(93-76(81)63-59-55-51-47-43-38-32-28-24-20-16-12-8-4)67-87-74(79)61-57-53-49-45-41-37-31-27-23-19-15-11-7-3/h33,35,71-73,78H,5-32,34,36-70H2,1-4H3,(H,83,84)(H,85,86)/b35-33-. The molecular weight excluding hydrogens is 1260 g/mol. The van der Waals surface area contributed by atoms with Crippen molar-refractivity contribution in [3.05, 3.63) is 12.2 Å². The highest BCUT2D eigenvalue weighted by Crippen LogP contribution is 2.45. The number of unbranched alkanes of at least 4 members (excludes halogenated alkanes) is 49. The van der Waals surface area contributed by atoms with Crippen molar-refractivity contribution in [2.24, 2.45) is 0 Å². The Labute approximate surface area is 587 Å². The number of allylic oxidation sites excluding steroid dienone is 2. The molecule has 568 valence electrons. The zero-order valence-electron chi connectivity index (χ0n) is 62.1. The van der Waals surface area contributed by atoms with Gasteiger partial charge in [-0.25, -0.2) is 9.13 Å². The molecule has 0 rings (SSSR count). The van der Waals surface area contributed by atoms with Gasteiger partial charge in [0, 0.05) is 25.7 Å². The van der Waals surface area contributed by atoms with Crippen LogP contribution in [0.25, 0.3) is 0 Å². The van der Waals surface area contributed by atoms with Crippen LogP contribution in [0.15, 0.2) is 12.2 Å². The predicted octanol–water partition coefficient (Wildman–Crippen LogP) is 22.8. The van der Waals surface area contributed by atoms with Gasteiger partial charge in [-0.3, -0.25) is 37.3 Å². The van der Waals surface area contributed by atoms with Crippen LogP contribution in [-0.2, 0) is 65.4 Å². The van der Waals surface area contributed by atoms with Crippen LogP contribution in [0.5, 0.6) is 0 Å². The van der Waals surface area contributed by atoms with Crippen LogP contribution in [0, 0.1) is 0 Å². The number of esters is 4. The molecule has 0 aromatic rings. The van der Waals surface area contributed by atoms with Crippen LogP contribution in [0.1, 0.15) is 400 Å². The molecule has 0 aliphatic carbocycles. The fraction of sp³-hybridized carbons (Fsp3) is 0.922. The van der Waals surface area contributed by atoms with E-state index in [1.807, 2.05) is 0 Å². The van der Waals surface area contributed by atoms with Crippen molar-refractivity contribution >= 4 is 39.5 Å². The lowest BCUT2D eigenvalue weighted by Crippen LogP contribution is -2.30. The van der Waals surface area contributed by atoms with Gasteiger partial charge in [0.25, 0.3) is 0 Å². The summed E-state index contributed by atoms with van der Waals surface area (Å²) < 4.78 is 68.6. The first-order valence-electron chi connectivity index (χ1n) is 39.9. The number of hydrogen-bond donors (Lipinski definition) is 3. The summed E-state index contributed by atoms with van der Waals surface area (Å²) in [6.07, 6.45) is 63.3. The zero-order valence-corrected chi connectivity index (χ0v) is 63.9. The van der Waals surface area contributed by atoms with E-state index in [0.717, 1.165) is 109 Å². The second-order valence-corrected chi connectivity index (χ2v) is 30.3. The highest BCUT2D eigenvalue weighted by Gasteiger charge is 2.30. The summed E-state index contributed by atoms with van der Waals surface area (Å²) in [5.74, 6) is -2.12. The lowest BCUT2D eigenvalue weighted by atomic mass is 10.0. The number of phosphoric acid groups is 2. The number of phosphoric ester groups is 2. The second-order valence-electron chi connectivity index (χ2n) is 27.4. The molecule has 0 aromatic heterocycles. The third kappa shape index (κ3) is 70.2. The maximum atomic E-state index is 13.1. The zero-order chi connectivity index (χ0) is 70.4. The molecule has 0 spiro atoms. The molecule has 5 atom stereocenters. The Hall–Kier alpha value is -2.20. The first-order chi connectivity index (χ1) is 46.7. The van der Waals surface area contributed by atoms with Crippen LogP contribution in [0.4, 0.5) is 0 Å². The third-order valence-corrected chi connectivity index (χ3v) is 19.7. The summed E-state index contributed by atoms with van der Waals surface area (Å²) in [5.41, 5.74) is 0. The number of aliphatic hydroxyl groups excluding tert-OH is 1. The summed E-state index contributed by atoms with van der Waals surface area (Å²) in [7, 11) is -9.92. The first-order valence-corrected chi connectivity index (χ1v) is 42.9. The van der Waals surface area contributed by atoms with Gasteiger partial charge in [0.1, 0.15) is 19.3 Å². The predicted molar refractivity (Wildman–Crippen MR) is 391 cm³/mol. The van der Waals surface area contributed by atoms with Crippen molar-refractivity contribution in [2.75, 3.05) is 39.6 Å². The lowest BCUT2D eigenvalue weighted by Gasteiger charge is -2.21. The summed E-state index contributed by atoms with van der Waals surface area (Å²) in [5, 5.41) is 10.6. The number of aliphatic hydroxyl groups is 1. The van der Waals surface area contributed by atoms with E-state index in [2.05, 4.69) is 39.8 Å². The smallest absolute Gasteiger partial charge is 0.462 e. The summed E-state index contributed by atoms with van der Waals surface area (Å²) >= 11 is 0. The Kier molecular flexibility index (Phi) is 69.6. The molecule has 5 unspecified atom stereocenters. The molecule has 0 aliphatic heterocycles. The van der Waals surface area contributed by atoms with E-state index in [-0.39, 0.29) is 25.7 Å². The minimum absolute atomic E-state index is 0.105. The van der Waals surface area contributed by atoms with E-state index in [9.17, 15) is 43.2 Å². The molecule has 0 saturated carbocycles. The molecule has 0 bridgehead atoms. The van der Waals surface area contributed by atoms with Gasteiger partial charge in [-0.05, 0) is 51.4 Å². The molecule has 0 aliphatic rings. The minimum Gasteiger partial charge on any atom is -0.462 e. The van der Waals surface area contributed by atoms with E-state index in [1.54, 1.807) is 0 Å². The quantitative estimate of drug-likeness (QED) is 0.0169. The van der Waals surface area contributed by atoms with Crippen LogP contribution < -0.4 is 0 Å². The second kappa shape index (κ2) is 71.2. The van der Waals surface area contributed by atoms with Gasteiger partial charge in [-0.15, -0.1) is 0 Å². The number of carbonyl (C=O) groups excluding carboxylic acids is 4. The van der Waals surface area contributed by atoms with E-state index >= 15 is 0 Å². The average Bonchev–Trinajstić information content (AvgIpc) is 1.36. The van der Waals surface area contributed by atoms with Gasteiger partial charge in [0.15, 0.2) is 12.2 Å². The van der Waals surface area contributed by atoms with Gasteiger partial charge < -0.3 is 33.8 Å². The molecule has 17 nitrogen and oxygen atoms in total. The average molecular weight is 1410 g/mol. The van der Waals surface area contributed by atoms with E-state index in [4.69, 9.17) is 37.0 Å². The Morgan fingerprint density at radius 1 is 0.281 bits per heavy atom. The van der Waals surface area contributed by atoms with Gasteiger partial charge in [0.2, 0.25) is 0 Å². The molecular formula is C77H148O17P2. The van der Waals surface area contributed by atoms with Crippen molar-refractivity contribution in [1.82, 2.24) is 0 Å².